The highest BCUT2D eigenvalue weighted by Gasteiger charge is 2.03. The summed E-state index contributed by atoms with van der Waals surface area (Å²) >= 11 is 0. The van der Waals surface area contributed by atoms with Gasteiger partial charge in [0.1, 0.15) is 0 Å². The molecule has 0 saturated carbocycles. The molecule has 0 atom stereocenters. The van der Waals surface area contributed by atoms with Crippen molar-refractivity contribution >= 4 is 0 Å². The van der Waals surface area contributed by atoms with Crippen molar-refractivity contribution in [1.29, 1.82) is 0 Å². The van der Waals surface area contributed by atoms with Crippen LogP contribution in [0.3, 0.4) is 0 Å². The molecule has 0 saturated heterocycles. The first-order valence-electron chi connectivity index (χ1n) is 10.1. The molecule has 0 aliphatic heterocycles. The Labute approximate surface area is 177 Å². The van der Waals surface area contributed by atoms with Crippen molar-refractivity contribution in [3.8, 4) is 44.6 Å². The number of hydrogen-bond acceptors (Lipinski definition) is 1. The maximum absolute atomic E-state index is 4.42. The summed E-state index contributed by atoms with van der Waals surface area (Å²) in [6, 6.07) is 42.6. The Bertz CT molecular complexity index is 1120. The predicted octanol–water partition coefficient (Wildman–Crippen LogP) is 7.75. The zero-order chi connectivity index (χ0) is 20.2. The summed E-state index contributed by atoms with van der Waals surface area (Å²) < 4.78 is 0. The van der Waals surface area contributed by atoms with Crippen molar-refractivity contribution in [2.75, 3.05) is 0 Å². The molecule has 5 aromatic rings. The van der Waals surface area contributed by atoms with Gasteiger partial charge < -0.3 is 0 Å². The molecule has 1 nitrogen and oxygen atoms in total. The van der Waals surface area contributed by atoms with E-state index >= 15 is 0 Å². The lowest BCUT2D eigenvalue weighted by atomic mass is 9.97. The van der Waals surface area contributed by atoms with Crippen LogP contribution >= 0.6 is 0 Å². The molecular formula is C29H21N. The number of benzene rings is 4. The molecule has 1 heteroatoms. The van der Waals surface area contributed by atoms with E-state index in [4.69, 9.17) is 0 Å². The molecule has 0 spiro atoms. The Kier molecular flexibility index (Phi) is 4.93. The number of rotatable bonds is 4. The molecule has 0 fully saturated rings. The maximum Gasteiger partial charge on any atom is 0.0701 e. The summed E-state index contributed by atoms with van der Waals surface area (Å²) in [6.07, 6.45) is 1.83. The first-order valence-corrected chi connectivity index (χ1v) is 10.1. The van der Waals surface area contributed by atoms with Crippen molar-refractivity contribution in [3.05, 3.63) is 128 Å². The van der Waals surface area contributed by atoms with Gasteiger partial charge in [0.25, 0.3) is 0 Å². The van der Waals surface area contributed by atoms with Crippen LogP contribution in [0.5, 0.6) is 0 Å². The van der Waals surface area contributed by atoms with E-state index in [1.165, 1.54) is 33.4 Å². The third kappa shape index (κ3) is 3.78. The molecule has 0 radical (unpaired) electrons. The van der Waals surface area contributed by atoms with Gasteiger partial charge in [-0.05, 0) is 45.5 Å². The SMILES string of the molecule is c1ccc(-c2ccc(-c3ccc(-c4ccc(-c5ccccn5)cc4)cc3)cc2)cc1. The van der Waals surface area contributed by atoms with Crippen LogP contribution in [-0.4, -0.2) is 4.98 Å². The molecule has 0 bridgehead atoms. The summed E-state index contributed by atoms with van der Waals surface area (Å²) in [5.74, 6) is 0. The van der Waals surface area contributed by atoms with Gasteiger partial charge in [-0.3, -0.25) is 4.98 Å². The van der Waals surface area contributed by atoms with Crippen molar-refractivity contribution in [2.45, 2.75) is 0 Å². The lowest BCUT2D eigenvalue weighted by molar-refractivity contribution is 1.33. The van der Waals surface area contributed by atoms with E-state index in [-0.39, 0.29) is 0 Å². The summed E-state index contributed by atoms with van der Waals surface area (Å²) in [7, 11) is 0. The van der Waals surface area contributed by atoms with Gasteiger partial charge in [0, 0.05) is 11.8 Å². The molecule has 4 aromatic carbocycles. The van der Waals surface area contributed by atoms with Crippen LogP contribution in [0.25, 0.3) is 44.6 Å². The van der Waals surface area contributed by atoms with E-state index in [2.05, 4.69) is 102 Å². The van der Waals surface area contributed by atoms with Gasteiger partial charge in [-0.2, -0.15) is 0 Å². The monoisotopic (exact) mass is 383 g/mol. The Hall–Kier alpha value is -3.97. The molecule has 1 heterocycles. The molecule has 30 heavy (non-hydrogen) atoms. The van der Waals surface area contributed by atoms with E-state index in [9.17, 15) is 0 Å². The first-order chi connectivity index (χ1) is 14.9. The molecule has 5 rings (SSSR count). The van der Waals surface area contributed by atoms with Gasteiger partial charge in [0.2, 0.25) is 0 Å². The van der Waals surface area contributed by atoms with Gasteiger partial charge in [0.05, 0.1) is 5.69 Å². The fraction of sp³-hybridized carbons (Fsp3) is 0. The number of pyridine rings is 1. The molecule has 0 amide bonds. The minimum absolute atomic E-state index is 0.998. The third-order valence-electron chi connectivity index (χ3n) is 5.39. The van der Waals surface area contributed by atoms with Crippen molar-refractivity contribution in [3.63, 3.8) is 0 Å². The molecule has 0 unspecified atom stereocenters. The second-order valence-corrected chi connectivity index (χ2v) is 7.31. The molecule has 0 N–H and O–H groups in total. The van der Waals surface area contributed by atoms with Crippen molar-refractivity contribution < 1.29 is 0 Å². The van der Waals surface area contributed by atoms with Crippen molar-refractivity contribution in [2.24, 2.45) is 0 Å². The standard InChI is InChI=1S/C29H21N/c1-2-6-22(7-3-1)23-9-11-24(12-10-23)25-13-15-26(16-14-25)27-17-19-28(20-18-27)29-8-4-5-21-30-29/h1-21H. The Morgan fingerprint density at radius 2 is 0.667 bits per heavy atom. The number of nitrogens with zero attached hydrogens (tertiary/aromatic N) is 1. The minimum Gasteiger partial charge on any atom is -0.256 e. The molecule has 0 aliphatic rings. The van der Waals surface area contributed by atoms with Gasteiger partial charge in [-0.25, -0.2) is 0 Å². The predicted molar refractivity (Wildman–Crippen MR) is 126 cm³/mol. The lowest BCUT2D eigenvalue weighted by Crippen LogP contribution is -1.84. The average molecular weight is 383 g/mol. The fourth-order valence-electron chi connectivity index (χ4n) is 3.71. The Morgan fingerprint density at radius 1 is 0.300 bits per heavy atom. The van der Waals surface area contributed by atoms with Gasteiger partial charge in [0.15, 0.2) is 0 Å². The van der Waals surface area contributed by atoms with E-state index in [1.807, 2.05) is 30.5 Å². The second kappa shape index (κ2) is 8.18. The Morgan fingerprint density at radius 3 is 1.07 bits per heavy atom. The van der Waals surface area contributed by atoms with Gasteiger partial charge in [-0.1, -0.05) is 109 Å². The summed E-state index contributed by atoms with van der Waals surface area (Å²) in [5.41, 5.74) is 9.49. The van der Waals surface area contributed by atoms with Crippen molar-refractivity contribution in [1.82, 2.24) is 4.98 Å². The summed E-state index contributed by atoms with van der Waals surface area (Å²) in [4.78, 5) is 4.42. The van der Waals surface area contributed by atoms with Crippen LogP contribution in [0.4, 0.5) is 0 Å². The summed E-state index contributed by atoms with van der Waals surface area (Å²) in [5, 5.41) is 0. The Balaban J connectivity index is 1.35. The smallest absolute Gasteiger partial charge is 0.0701 e. The largest absolute Gasteiger partial charge is 0.256 e. The lowest BCUT2D eigenvalue weighted by Gasteiger charge is -2.08. The quantitative estimate of drug-likeness (QED) is 0.309. The third-order valence-corrected chi connectivity index (χ3v) is 5.39. The maximum atomic E-state index is 4.42. The van der Waals surface area contributed by atoms with E-state index < -0.39 is 0 Å². The topological polar surface area (TPSA) is 12.9 Å². The van der Waals surface area contributed by atoms with Crippen LogP contribution in [0.1, 0.15) is 0 Å². The number of aromatic nitrogens is 1. The average Bonchev–Trinajstić information content (AvgIpc) is 2.85. The van der Waals surface area contributed by atoms with Crippen LogP contribution in [-0.2, 0) is 0 Å². The molecular weight excluding hydrogens is 362 g/mol. The molecule has 1 aromatic heterocycles. The van der Waals surface area contributed by atoms with Crippen LogP contribution < -0.4 is 0 Å². The highest BCUT2D eigenvalue weighted by atomic mass is 14.7. The van der Waals surface area contributed by atoms with Crippen LogP contribution in [0.15, 0.2) is 128 Å². The highest BCUT2D eigenvalue weighted by molar-refractivity contribution is 5.74. The number of hydrogen-bond donors (Lipinski definition) is 0. The highest BCUT2D eigenvalue weighted by Crippen LogP contribution is 2.28. The molecule has 142 valence electrons. The normalized spacial score (nSPS) is 10.7. The van der Waals surface area contributed by atoms with Gasteiger partial charge in [-0.15, -0.1) is 0 Å². The first kappa shape index (κ1) is 18.1. The van der Waals surface area contributed by atoms with E-state index in [0.29, 0.717) is 0 Å². The second-order valence-electron chi connectivity index (χ2n) is 7.31. The van der Waals surface area contributed by atoms with E-state index in [0.717, 1.165) is 11.3 Å². The fourth-order valence-corrected chi connectivity index (χ4v) is 3.71. The van der Waals surface area contributed by atoms with Crippen LogP contribution in [0, 0.1) is 0 Å². The summed E-state index contributed by atoms with van der Waals surface area (Å²) in [6.45, 7) is 0. The van der Waals surface area contributed by atoms with Crippen LogP contribution in [0.2, 0.25) is 0 Å². The minimum atomic E-state index is 0.998. The van der Waals surface area contributed by atoms with E-state index in [1.54, 1.807) is 0 Å². The van der Waals surface area contributed by atoms with Gasteiger partial charge >= 0.3 is 0 Å². The molecule has 0 aliphatic carbocycles. The zero-order valence-electron chi connectivity index (χ0n) is 16.6. The zero-order valence-corrected chi connectivity index (χ0v) is 16.6.